The third kappa shape index (κ3) is 4.03. The predicted octanol–water partition coefficient (Wildman–Crippen LogP) is 2.46. The molecule has 1 fully saturated rings. The number of piperidine rings is 1. The summed E-state index contributed by atoms with van der Waals surface area (Å²) < 4.78 is 1.73. The van der Waals surface area contributed by atoms with Crippen molar-refractivity contribution in [3.63, 3.8) is 0 Å². The monoisotopic (exact) mass is 326 g/mol. The van der Waals surface area contributed by atoms with Gasteiger partial charge < -0.3 is 10.2 Å². The maximum absolute atomic E-state index is 12.9. The number of carbonyl (C=O) groups excluding carboxylic acids is 1. The van der Waals surface area contributed by atoms with Crippen molar-refractivity contribution in [3.8, 4) is 0 Å². The van der Waals surface area contributed by atoms with Gasteiger partial charge in [-0.1, -0.05) is 37.3 Å². The van der Waals surface area contributed by atoms with E-state index in [-0.39, 0.29) is 11.9 Å². The van der Waals surface area contributed by atoms with Crippen LogP contribution < -0.4 is 5.32 Å². The molecule has 1 N–H and O–H groups in total. The highest BCUT2D eigenvalue weighted by Gasteiger charge is 2.27. The Kier molecular flexibility index (Phi) is 5.64. The second kappa shape index (κ2) is 8.11. The van der Waals surface area contributed by atoms with Crippen molar-refractivity contribution in [1.82, 2.24) is 20.0 Å². The van der Waals surface area contributed by atoms with E-state index in [1.54, 1.807) is 10.9 Å². The summed E-state index contributed by atoms with van der Waals surface area (Å²) in [5, 5.41) is 7.53. The van der Waals surface area contributed by atoms with Crippen LogP contribution >= 0.6 is 0 Å². The van der Waals surface area contributed by atoms with Crippen molar-refractivity contribution in [1.29, 1.82) is 0 Å². The first-order valence-electron chi connectivity index (χ1n) is 8.84. The lowest BCUT2D eigenvalue weighted by atomic mass is 10.0. The number of carbonyl (C=O) groups is 1. The number of aromatic nitrogens is 2. The van der Waals surface area contributed by atoms with E-state index in [0.717, 1.165) is 38.0 Å². The van der Waals surface area contributed by atoms with Crippen LogP contribution in [-0.2, 0) is 4.79 Å². The standard InChI is InChI=1S/C19H26N4O/c1-2-12-22-14-9-17(10-15-22)21-19(24)18(23-13-6-11-20-23)16-7-4-3-5-8-16/h3-8,11,13,17-18H,2,9-10,12,14-15H2,1H3,(H,21,24). The van der Waals surface area contributed by atoms with Gasteiger partial charge in [0, 0.05) is 31.5 Å². The maximum Gasteiger partial charge on any atom is 0.249 e. The van der Waals surface area contributed by atoms with Gasteiger partial charge >= 0.3 is 0 Å². The molecule has 2 heterocycles. The lowest BCUT2D eigenvalue weighted by Gasteiger charge is -2.33. The van der Waals surface area contributed by atoms with Crippen LogP contribution in [0.1, 0.15) is 37.8 Å². The van der Waals surface area contributed by atoms with Crippen LogP contribution in [0, 0.1) is 0 Å². The smallest absolute Gasteiger partial charge is 0.249 e. The average molecular weight is 326 g/mol. The van der Waals surface area contributed by atoms with Crippen LogP contribution in [0.4, 0.5) is 0 Å². The molecule has 0 aliphatic carbocycles. The molecule has 1 aromatic heterocycles. The van der Waals surface area contributed by atoms with Crippen LogP contribution in [0.2, 0.25) is 0 Å². The lowest BCUT2D eigenvalue weighted by molar-refractivity contribution is -0.124. The molecular weight excluding hydrogens is 300 g/mol. The summed E-state index contributed by atoms with van der Waals surface area (Å²) in [5.41, 5.74) is 0.960. The van der Waals surface area contributed by atoms with E-state index in [0.29, 0.717) is 0 Å². The molecule has 0 bridgehead atoms. The van der Waals surface area contributed by atoms with Gasteiger partial charge in [0.25, 0.3) is 0 Å². The number of benzene rings is 1. The highest BCUT2D eigenvalue weighted by molar-refractivity contribution is 5.83. The second-order valence-electron chi connectivity index (χ2n) is 6.42. The molecule has 0 radical (unpaired) electrons. The van der Waals surface area contributed by atoms with Crippen LogP contribution in [0.3, 0.4) is 0 Å². The Hall–Kier alpha value is -2.14. The third-order valence-electron chi connectivity index (χ3n) is 4.63. The Labute approximate surface area is 143 Å². The molecule has 1 amide bonds. The quantitative estimate of drug-likeness (QED) is 0.887. The van der Waals surface area contributed by atoms with Gasteiger partial charge in [0.05, 0.1) is 0 Å². The Morgan fingerprint density at radius 1 is 1.25 bits per heavy atom. The SMILES string of the molecule is CCCN1CCC(NC(=O)C(c2ccccc2)n2cccn2)CC1. The topological polar surface area (TPSA) is 50.2 Å². The second-order valence-corrected chi connectivity index (χ2v) is 6.42. The predicted molar refractivity (Wildman–Crippen MR) is 94.7 cm³/mol. The summed E-state index contributed by atoms with van der Waals surface area (Å²) in [4.78, 5) is 15.4. The van der Waals surface area contributed by atoms with Gasteiger partial charge in [-0.2, -0.15) is 5.10 Å². The van der Waals surface area contributed by atoms with Gasteiger partial charge in [0.15, 0.2) is 6.04 Å². The van der Waals surface area contributed by atoms with Gasteiger partial charge in [-0.15, -0.1) is 0 Å². The minimum Gasteiger partial charge on any atom is -0.351 e. The molecule has 1 aliphatic rings. The summed E-state index contributed by atoms with van der Waals surface area (Å²) in [6, 6.07) is 11.6. The maximum atomic E-state index is 12.9. The number of nitrogens with zero attached hydrogens (tertiary/aromatic N) is 3. The molecule has 3 rings (SSSR count). The molecule has 0 saturated carbocycles. The van der Waals surface area contributed by atoms with Gasteiger partial charge in [-0.3, -0.25) is 9.48 Å². The van der Waals surface area contributed by atoms with Gasteiger partial charge in [-0.05, 0) is 37.4 Å². The fourth-order valence-corrected chi connectivity index (χ4v) is 3.39. The largest absolute Gasteiger partial charge is 0.351 e. The van der Waals surface area contributed by atoms with Crippen LogP contribution in [0.15, 0.2) is 48.8 Å². The molecule has 1 unspecified atom stereocenters. The number of nitrogens with one attached hydrogen (secondary N) is 1. The van der Waals surface area contributed by atoms with Crippen molar-refractivity contribution in [2.24, 2.45) is 0 Å². The summed E-state index contributed by atoms with van der Waals surface area (Å²) in [7, 11) is 0. The zero-order valence-electron chi connectivity index (χ0n) is 14.3. The highest BCUT2D eigenvalue weighted by Crippen LogP contribution is 2.19. The van der Waals surface area contributed by atoms with E-state index in [4.69, 9.17) is 0 Å². The number of hydrogen-bond donors (Lipinski definition) is 1. The van der Waals surface area contributed by atoms with E-state index < -0.39 is 6.04 Å². The van der Waals surface area contributed by atoms with Gasteiger partial charge in [0.2, 0.25) is 5.91 Å². The van der Waals surface area contributed by atoms with Crippen molar-refractivity contribution in [2.75, 3.05) is 19.6 Å². The van der Waals surface area contributed by atoms with Crippen molar-refractivity contribution >= 4 is 5.91 Å². The zero-order valence-corrected chi connectivity index (χ0v) is 14.3. The van der Waals surface area contributed by atoms with E-state index in [9.17, 15) is 4.79 Å². The molecule has 1 atom stereocenters. The number of amides is 1. The van der Waals surface area contributed by atoms with Crippen molar-refractivity contribution in [2.45, 2.75) is 38.3 Å². The van der Waals surface area contributed by atoms with Crippen molar-refractivity contribution in [3.05, 3.63) is 54.4 Å². The van der Waals surface area contributed by atoms with E-state index in [1.807, 2.05) is 42.6 Å². The molecule has 128 valence electrons. The normalized spacial score (nSPS) is 17.5. The van der Waals surface area contributed by atoms with E-state index in [1.165, 1.54) is 6.42 Å². The van der Waals surface area contributed by atoms with E-state index >= 15 is 0 Å². The summed E-state index contributed by atoms with van der Waals surface area (Å²) in [6.07, 6.45) is 6.79. The Morgan fingerprint density at radius 2 is 2.00 bits per heavy atom. The fraction of sp³-hybridized carbons (Fsp3) is 0.474. The minimum atomic E-state index is -0.408. The number of hydrogen-bond acceptors (Lipinski definition) is 3. The van der Waals surface area contributed by atoms with Crippen LogP contribution in [0.5, 0.6) is 0 Å². The molecule has 2 aromatic rings. The molecule has 1 aliphatic heterocycles. The zero-order chi connectivity index (χ0) is 16.8. The number of rotatable bonds is 6. The first-order valence-corrected chi connectivity index (χ1v) is 8.84. The highest BCUT2D eigenvalue weighted by atomic mass is 16.2. The van der Waals surface area contributed by atoms with Crippen LogP contribution in [0.25, 0.3) is 0 Å². The first kappa shape index (κ1) is 16.7. The fourth-order valence-electron chi connectivity index (χ4n) is 3.39. The molecule has 1 saturated heterocycles. The molecule has 5 nitrogen and oxygen atoms in total. The Morgan fingerprint density at radius 3 is 2.62 bits per heavy atom. The molecular formula is C19H26N4O. The molecule has 5 heteroatoms. The molecule has 24 heavy (non-hydrogen) atoms. The summed E-state index contributed by atoms with van der Waals surface area (Å²) in [5.74, 6) is 0.0267. The molecule has 0 spiro atoms. The summed E-state index contributed by atoms with van der Waals surface area (Å²) in [6.45, 7) is 5.50. The Balaban J connectivity index is 1.67. The minimum absolute atomic E-state index is 0.0267. The van der Waals surface area contributed by atoms with Crippen molar-refractivity contribution < 1.29 is 4.79 Å². The average Bonchev–Trinajstić information content (AvgIpc) is 3.12. The first-order chi connectivity index (χ1) is 11.8. The lowest BCUT2D eigenvalue weighted by Crippen LogP contribution is -2.47. The number of likely N-dealkylation sites (tertiary alicyclic amines) is 1. The van der Waals surface area contributed by atoms with Gasteiger partial charge in [0.1, 0.15) is 0 Å². The third-order valence-corrected chi connectivity index (χ3v) is 4.63. The van der Waals surface area contributed by atoms with Crippen LogP contribution in [-0.4, -0.2) is 46.3 Å². The van der Waals surface area contributed by atoms with Gasteiger partial charge in [-0.25, -0.2) is 0 Å². The molecule has 1 aromatic carbocycles. The summed E-state index contributed by atoms with van der Waals surface area (Å²) >= 11 is 0. The Bertz CT molecular complexity index is 618. The van der Waals surface area contributed by atoms with E-state index in [2.05, 4.69) is 22.2 Å².